The van der Waals surface area contributed by atoms with Gasteiger partial charge in [0.05, 0.1) is 61.2 Å². The molecule has 0 N–H and O–H groups in total. The van der Waals surface area contributed by atoms with Gasteiger partial charge in [0.15, 0.2) is 0 Å². The first-order chi connectivity index (χ1) is 23.9. The van der Waals surface area contributed by atoms with Crippen molar-refractivity contribution in [3.05, 3.63) is 134 Å². The molecule has 5 radical (unpaired) electrons. The maximum Gasteiger partial charge on any atom is 2.00 e. The average Bonchev–Trinajstić information content (AvgIpc) is 3.74. The van der Waals surface area contributed by atoms with Crippen molar-refractivity contribution < 1.29 is 21.1 Å². The molecule has 0 amide bonds. The molecule has 1 aliphatic heterocycles. The van der Waals surface area contributed by atoms with Crippen molar-refractivity contribution >= 4 is 48.2 Å². The van der Waals surface area contributed by atoms with Crippen molar-refractivity contribution in [2.24, 2.45) is 0 Å². The summed E-state index contributed by atoms with van der Waals surface area (Å²) in [6, 6.07) is 35.0. The van der Waals surface area contributed by atoms with Crippen LogP contribution in [0, 0.1) is 0 Å². The van der Waals surface area contributed by atoms with E-state index in [0.29, 0.717) is 0 Å². The van der Waals surface area contributed by atoms with Gasteiger partial charge < -0.3 is 25.3 Å². The quantitative estimate of drug-likeness (QED) is 0.105. The topological polar surface area (TPSA) is 77.3 Å². The Morgan fingerprint density at radius 1 is 0.440 bits per heavy atom. The van der Waals surface area contributed by atoms with Crippen LogP contribution in [0.25, 0.3) is 45.6 Å². The molecule has 247 valence electrons. The second-order valence-corrected chi connectivity index (χ2v) is 12.3. The number of aromatic nitrogens is 6. The third kappa shape index (κ3) is 11.0. The zero-order chi connectivity index (χ0) is 34.4. The van der Waals surface area contributed by atoms with Crippen LogP contribution in [0.1, 0.15) is 25.7 Å². The number of pyridine rings is 6. The molecule has 7 heterocycles. The Morgan fingerprint density at radius 3 is 0.960 bits per heavy atom. The summed E-state index contributed by atoms with van der Waals surface area (Å²) in [7, 11) is 14.2. The number of nitrogens with zero attached hydrogens (tertiary/aromatic N) is 6. The summed E-state index contributed by atoms with van der Waals surface area (Å²) in [6.07, 6.45) is 10.9. The van der Waals surface area contributed by atoms with E-state index < -0.39 is 0 Å². The second kappa shape index (κ2) is 19.8. The molecule has 7 rings (SSSR count). The van der Waals surface area contributed by atoms with Gasteiger partial charge in [0.2, 0.25) is 0 Å². The van der Waals surface area contributed by atoms with Crippen molar-refractivity contribution in [2.75, 3.05) is 11.5 Å². The zero-order valence-electron chi connectivity index (χ0n) is 27.5. The van der Waals surface area contributed by atoms with Crippen molar-refractivity contribution in [2.45, 2.75) is 36.1 Å². The van der Waals surface area contributed by atoms with Crippen molar-refractivity contribution in [3.63, 3.8) is 0 Å². The summed E-state index contributed by atoms with van der Waals surface area (Å²) in [4.78, 5) is 26.4. The first-order valence-electron chi connectivity index (χ1n) is 16.2. The molecule has 0 aromatic carbocycles. The Labute approximate surface area is 324 Å². The maximum atomic E-state index is 6.09. The van der Waals surface area contributed by atoms with Gasteiger partial charge in [-0.1, -0.05) is 62.1 Å². The van der Waals surface area contributed by atoms with Crippen LogP contribution in [0.5, 0.6) is 0 Å². The Hall–Kier alpha value is -3.52. The van der Waals surface area contributed by atoms with Gasteiger partial charge in [0.25, 0.3) is 0 Å². The zero-order valence-corrected chi connectivity index (χ0v) is 31.4. The Kier molecular flexibility index (Phi) is 15.5. The minimum atomic E-state index is -0.254. The van der Waals surface area contributed by atoms with E-state index in [1.807, 2.05) is 109 Å². The Bertz CT molecular complexity index is 1620. The number of hydrogen-bond acceptors (Lipinski definition) is 8. The van der Waals surface area contributed by atoms with Gasteiger partial charge in [-0.25, -0.2) is 9.97 Å². The molecule has 2 unspecified atom stereocenters. The molecule has 6 aromatic heterocycles. The van der Waals surface area contributed by atoms with Crippen LogP contribution in [-0.4, -0.2) is 64.4 Å². The van der Waals surface area contributed by atoms with Gasteiger partial charge in [-0.3, -0.25) is 19.9 Å². The van der Waals surface area contributed by atoms with Crippen LogP contribution < -0.4 is 0 Å². The Morgan fingerprint density at radius 2 is 0.720 bits per heavy atom. The molecule has 2 atom stereocenters. The van der Waals surface area contributed by atoms with Crippen molar-refractivity contribution in [1.82, 2.24) is 29.9 Å². The number of hydrogen-bond donors (Lipinski definition) is 0. The predicted molar refractivity (Wildman–Crippen MR) is 207 cm³/mol. The van der Waals surface area contributed by atoms with E-state index in [0.717, 1.165) is 82.7 Å². The molecule has 0 saturated carbocycles. The molecular weight excluding hydrogens is 832 g/mol. The van der Waals surface area contributed by atoms with Gasteiger partial charge in [0, 0.05) is 24.8 Å². The van der Waals surface area contributed by atoms with Crippen LogP contribution in [0.2, 0.25) is 10.4 Å². The molecule has 1 fully saturated rings. The minimum Gasteiger partial charge on any atom is -0.793 e. The molecular formula is C38H34B3N6PtS2. The Balaban J connectivity index is 0.000000170. The van der Waals surface area contributed by atoms with E-state index in [4.69, 9.17) is 41.0 Å². The van der Waals surface area contributed by atoms with Crippen LogP contribution in [0.3, 0.4) is 0 Å². The largest absolute Gasteiger partial charge is 2.00 e. The number of rotatable bonds is 10. The molecule has 0 spiro atoms. The first-order valence-corrected chi connectivity index (χ1v) is 17.3. The monoisotopic (exact) mass is 866 g/mol. The molecule has 6 aromatic rings. The van der Waals surface area contributed by atoms with Crippen molar-refractivity contribution in [3.8, 4) is 45.6 Å². The van der Waals surface area contributed by atoms with E-state index >= 15 is 0 Å². The van der Waals surface area contributed by atoms with Crippen molar-refractivity contribution in [1.29, 1.82) is 0 Å². The van der Waals surface area contributed by atoms with Crippen LogP contribution in [-0.2, 0) is 46.3 Å². The summed E-state index contributed by atoms with van der Waals surface area (Å²) >= 11 is 9.77. The second-order valence-electron chi connectivity index (χ2n) is 11.5. The fourth-order valence-electron chi connectivity index (χ4n) is 5.26. The van der Waals surface area contributed by atoms with E-state index in [1.54, 1.807) is 24.8 Å². The van der Waals surface area contributed by atoms with Gasteiger partial charge >= 0.3 is 21.1 Å². The van der Waals surface area contributed by atoms with Crippen LogP contribution in [0.4, 0.5) is 0 Å². The molecule has 1 saturated heterocycles. The third-order valence-corrected chi connectivity index (χ3v) is 8.55. The smallest absolute Gasteiger partial charge is 0.793 e. The summed E-state index contributed by atoms with van der Waals surface area (Å²) in [6.45, 7) is 0. The predicted octanol–water partition coefficient (Wildman–Crippen LogP) is 7.34. The van der Waals surface area contributed by atoms with Crippen LogP contribution in [0.15, 0.2) is 134 Å². The molecule has 50 heavy (non-hydrogen) atoms. The molecule has 12 heteroatoms. The van der Waals surface area contributed by atoms with E-state index in [2.05, 4.69) is 37.2 Å². The van der Waals surface area contributed by atoms with E-state index in [-0.39, 0.29) is 31.5 Å². The average molecular weight is 866 g/mol. The maximum absolute atomic E-state index is 6.09. The van der Waals surface area contributed by atoms with Gasteiger partial charge in [0.1, 0.15) is 7.28 Å². The summed E-state index contributed by atoms with van der Waals surface area (Å²) in [5.41, 5.74) is 6.92. The van der Waals surface area contributed by atoms with Gasteiger partial charge in [-0.15, -0.1) is 10.4 Å². The molecule has 6 nitrogen and oxygen atoms in total. The summed E-state index contributed by atoms with van der Waals surface area (Å²) < 4.78 is 0. The SMILES string of the molecule is [B]C1(CCC[S-])[B]C1([B])CCC[S-].[Pt+2].c1ccc(-c2cccc(-c3ccccn3)n2)nc1.c1ccc(-c2cccc(-c3ccccn3)n2)nc1. The summed E-state index contributed by atoms with van der Waals surface area (Å²) in [5, 5.41) is -0.507. The standard InChI is InChI=1S/2C15H11N3.C8H14B3S2.Pt/c2*1-3-10-16-12(6-1)14-8-5-9-15(18-14)13-7-2-4-11-17-13;9-7(3-1-5-12)8(10,11-7)4-2-6-13;/h2*1-11H;12-13H,1-6H2;/q;;;+2/p-2. The fraction of sp³-hybridized carbons (Fsp3) is 0.211. The summed E-state index contributed by atoms with van der Waals surface area (Å²) in [5.74, 6) is 1.54. The van der Waals surface area contributed by atoms with Gasteiger partial charge in [-0.2, -0.15) is 11.5 Å². The van der Waals surface area contributed by atoms with E-state index in [9.17, 15) is 0 Å². The normalized spacial score (nSPS) is 17.0. The third-order valence-electron chi connectivity index (χ3n) is 7.98. The fourth-order valence-corrected chi connectivity index (χ4v) is 5.55. The van der Waals surface area contributed by atoms with Gasteiger partial charge in [-0.05, 0) is 72.8 Å². The first kappa shape index (κ1) is 39.3. The minimum absolute atomic E-state index is 0. The van der Waals surface area contributed by atoms with E-state index in [1.165, 1.54) is 0 Å². The van der Waals surface area contributed by atoms with Crippen LogP contribution >= 0.6 is 0 Å². The molecule has 0 aliphatic carbocycles. The molecule has 1 aliphatic rings. The molecule has 0 bridgehead atoms.